The molecule has 1 N–H and O–H groups in total. The first kappa shape index (κ1) is 28.0. The summed E-state index contributed by atoms with van der Waals surface area (Å²) in [5.74, 6) is 1.89. The molecule has 41 heavy (non-hydrogen) atoms. The topological polar surface area (TPSA) is 77.5 Å². The minimum atomic E-state index is -0.964. The lowest BCUT2D eigenvalue weighted by molar-refractivity contribution is -0.312. The fourth-order valence-corrected chi connectivity index (χ4v) is 10.1. The van der Waals surface area contributed by atoms with Crippen LogP contribution in [-0.2, 0) is 21.3 Å². The van der Waals surface area contributed by atoms with Crippen molar-refractivity contribution in [1.82, 2.24) is 4.90 Å². The standard InChI is InChI=1S/C34H49NO6/c1-7-8-17-39-29(36)40-23-12-11-22-18-25-32-13-14-34(38-6,24(19-32)31(5,37)30(2,3)4)28-33(32,26(22)27(23)41-28)15-16-35(25)20-21-9-10-21/h11-12,21,24-25,28,37H,7-10,13-20H2,1-6H3/t24-,25-,28-,31+,32-,33+,34-/m1/s1. The summed E-state index contributed by atoms with van der Waals surface area (Å²) >= 11 is 0. The van der Waals surface area contributed by atoms with Crippen LogP contribution in [-0.4, -0.2) is 66.3 Å². The lowest BCUT2D eigenvalue weighted by Gasteiger charge is -2.75. The van der Waals surface area contributed by atoms with Gasteiger partial charge in [0.2, 0.25) is 0 Å². The van der Waals surface area contributed by atoms with Gasteiger partial charge in [0.1, 0.15) is 11.7 Å². The summed E-state index contributed by atoms with van der Waals surface area (Å²) < 4.78 is 25.0. The van der Waals surface area contributed by atoms with E-state index < -0.39 is 17.4 Å². The number of unbranched alkanes of at least 4 members (excludes halogenated alkanes) is 1. The molecule has 226 valence electrons. The number of methoxy groups -OCH3 is 1. The maximum Gasteiger partial charge on any atom is 0.513 e. The third-order valence-electron chi connectivity index (χ3n) is 12.8. The van der Waals surface area contributed by atoms with E-state index in [1.54, 1.807) is 0 Å². The minimum Gasteiger partial charge on any atom is -0.482 e. The molecule has 4 bridgehead atoms. The first-order chi connectivity index (χ1) is 19.4. The van der Waals surface area contributed by atoms with Crippen LogP contribution >= 0.6 is 0 Å². The number of carbonyl (C=O) groups is 1. The van der Waals surface area contributed by atoms with Gasteiger partial charge in [0.15, 0.2) is 11.5 Å². The van der Waals surface area contributed by atoms with Gasteiger partial charge in [0.25, 0.3) is 0 Å². The molecule has 5 aliphatic carbocycles. The van der Waals surface area contributed by atoms with Crippen LogP contribution in [0.25, 0.3) is 0 Å². The van der Waals surface area contributed by atoms with Gasteiger partial charge < -0.3 is 24.1 Å². The van der Waals surface area contributed by atoms with Gasteiger partial charge in [0.05, 0.1) is 12.2 Å². The smallest absolute Gasteiger partial charge is 0.482 e. The normalized spacial score (nSPS) is 38.2. The Kier molecular flexibility index (Phi) is 6.20. The van der Waals surface area contributed by atoms with E-state index in [1.165, 1.54) is 30.5 Å². The molecular weight excluding hydrogens is 518 g/mol. The number of hydrogen-bond acceptors (Lipinski definition) is 7. The second-order valence-corrected chi connectivity index (χ2v) is 15.3. The van der Waals surface area contributed by atoms with Gasteiger partial charge in [-0.15, -0.1) is 0 Å². The Hall–Kier alpha value is -1.83. The summed E-state index contributed by atoms with van der Waals surface area (Å²) in [7, 11) is 1.82. The van der Waals surface area contributed by atoms with Gasteiger partial charge in [0, 0.05) is 42.0 Å². The van der Waals surface area contributed by atoms with E-state index in [4.69, 9.17) is 18.9 Å². The zero-order valence-electron chi connectivity index (χ0n) is 25.9. The molecule has 2 heterocycles. The fourth-order valence-electron chi connectivity index (χ4n) is 10.1. The van der Waals surface area contributed by atoms with Gasteiger partial charge >= 0.3 is 6.16 Å². The monoisotopic (exact) mass is 567 g/mol. The van der Waals surface area contributed by atoms with E-state index in [1.807, 2.05) is 20.1 Å². The predicted molar refractivity (Wildman–Crippen MR) is 155 cm³/mol. The van der Waals surface area contributed by atoms with E-state index in [-0.39, 0.29) is 28.3 Å². The molecule has 5 fully saturated rings. The number of likely N-dealkylation sites (tertiary alicyclic amines) is 1. The highest BCUT2D eigenvalue weighted by molar-refractivity contribution is 5.70. The molecule has 0 unspecified atom stereocenters. The van der Waals surface area contributed by atoms with Crippen molar-refractivity contribution >= 4 is 6.16 Å². The minimum absolute atomic E-state index is 0.0382. The Morgan fingerprint density at radius 1 is 1.17 bits per heavy atom. The molecule has 7 heteroatoms. The number of rotatable bonds is 8. The summed E-state index contributed by atoms with van der Waals surface area (Å²) in [6.45, 7) is 13.1. The molecular formula is C34H49NO6. The highest BCUT2D eigenvalue weighted by Gasteiger charge is 2.82. The Bertz CT molecular complexity index is 1230. The number of ether oxygens (including phenoxy) is 4. The third-order valence-corrected chi connectivity index (χ3v) is 12.8. The maximum atomic E-state index is 12.7. The van der Waals surface area contributed by atoms with E-state index in [0.29, 0.717) is 24.1 Å². The molecule has 7 atom stereocenters. The number of benzene rings is 1. The number of nitrogens with zero attached hydrogens (tertiary/aromatic N) is 1. The molecule has 1 aromatic carbocycles. The highest BCUT2D eigenvalue weighted by atomic mass is 16.7. The average molecular weight is 568 g/mol. The molecule has 2 aliphatic heterocycles. The van der Waals surface area contributed by atoms with Crippen LogP contribution < -0.4 is 9.47 Å². The van der Waals surface area contributed by atoms with Gasteiger partial charge in [-0.2, -0.15) is 0 Å². The summed E-state index contributed by atoms with van der Waals surface area (Å²) in [4.78, 5) is 15.5. The largest absolute Gasteiger partial charge is 0.513 e. The van der Waals surface area contributed by atoms with Crippen LogP contribution in [0, 0.1) is 22.7 Å². The van der Waals surface area contributed by atoms with Crippen LogP contribution in [0.3, 0.4) is 0 Å². The summed E-state index contributed by atoms with van der Waals surface area (Å²) in [5.41, 5.74) is 0.355. The van der Waals surface area contributed by atoms with Gasteiger partial charge in [-0.25, -0.2) is 4.79 Å². The molecule has 0 amide bonds. The lowest BCUT2D eigenvalue weighted by atomic mass is 9.33. The van der Waals surface area contributed by atoms with Crippen molar-refractivity contribution in [3.05, 3.63) is 23.3 Å². The number of piperidine rings is 1. The SMILES string of the molecule is CCCCOC(=O)Oc1ccc2c3c1O[C@H]1[C@@]4(OC)CC[C@@]5(C[C@@H]4[C@](C)(O)C(C)(C)C)[C@@H](C2)N(CC2CC2)CC[C@]315. The molecule has 7 aliphatic rings. The van der Waals surface area contributed by atoms with Gasteiger partial charge in [-0.3, -0.25) is 4.90 Å². The first-order valence-electron chi connectivity index (χ1n) is 16.1. The second-order valence-electron chi connectivity index (χ2n) is 15.3. The Morgan fingerprint density at radius 2 is 1.95 bits per heavy atom. The summed E-state index contributed by atoms with van der Waals surface area (Å²) in [6.07, 6.45) is 8.33. The number of carbonyl (C=O) groups excluding carboxylic acids is 1. The van der Waals surface area contributed by atoms with E-state index in [9.17, 15) is 9.90 Å². The Morgan fingerprint density at radius 3 is 2.63 bits per heavy atom. The molecule has 7 nitrogen and oxygen atoms in total. The van der Waals surface area contributed by atoms with Crippen molar-refractivity contribution in [1.29, 1.82) is 0 Å². The van der Waals surface area contributed by atoms with Crippen LogP contribution in [0.4, 0.5) is 4.79 Å². The number of hydrogen-bond donors (Lipinski definition) is 1. The van der Waals surface area contributed by atoms with Gasteiger partial charge in [-0.1, -0.05) is 40.2 Å². The van der Waals surface area contributed by atoms with Crippen LogP contribution in [0.2, 0.25) is 0 Å². The molecule has 1 saturated heterocycles. The third kappa shape index (κ3) is 3.58. The highest BCUT2D eigenvalue weighted by Crippen LogP contribution is 2.78. The average Bonchev–Trinajstić information content (AvgIpc) is 3.67. The number of aliphatic hydroxyl groups is 1. The maximum absolute atomic E-state index is 12.7. The van der Waals surface area contributed by atoms with E-state index >= 15 is 0 Å². The second kappa shape index (κ2) is 9.09. The van der Waals surface area contributed by atoms with Crippen molar-refractivity contribution in [3.8, 4) is 11.5 Å². The lowest BCUT2D eigenvalue weighted by Crippen LogP contribution is -2.83. The van der Waals surface area contributed by atoms with E-state index in [2.05, 4.69) is 38.7 Å². The zero-order valence-corrected chi connectivity index (χ0v) is 25.9. The first-order valence-corrected chi connectivity index (χ1v) is 16.1. The number of fused-ring (bicyclic) bond motifs is 2. The van der Waals surface area contributed by atoms with Crippen molar-refractivity contribution in [2.24, 2.45) is 22.7 Å². The van der Waals surface area contributed by atoms with Crippen LogP contribution in [0.5, 0.6) is 11.5 Å². The molecule has 0 aromatic heterocycles. The van der Waals surface area contributed by atoms with Crippen molar-refractivity contribution in [2.75, 3.05) is 26.8 Å². The molecule has 4 saturated carbocycles. The molecule has 2 spiro atoms. The molecule has 8 rings (SSSR count). The summed E-state index contributed by atoms with van der Waals surface area (Å²) in [6, 6.07) is 4.49. The fraction of sp³-hybridized carbons (Fsp3) is 0.794. The Labute approximate surface area is 245 Å². The van der Waals surface area contributed by atoms with Crippen LogP contribution in [0.15, 0.2) is 12.1 Å². The van der Waals surface area contributed by atoms with E-state index in [0.717, 1.165) is 57.4 Å². The Balaban J connectivity index is 1.38. The van der Waals surface area contributed by atoms with Crippen molar-refractivity contribution < 1.29 is 28.8 Å². The van der Waals surface area contributed by atoms with Crippen molar-refractivity contribution in [2.45, 2.75) is 121 Å². The molecule has 0 radical (unpaired) electrons. The van der Waals surface area contributed by atoms with Gasteiger partial charge in [-0.05, 0) is 87.8 Å². The molecule has 1 aromatic rings. The van der Waals surface area contributed by atoms with Crippen molar-refractivity contribution in [3.63, 3.8) is 0 Å². The van der Waals surface area contributed by atoms with Crippen LogP contribution in [0.1, 0.15) is 97.1 Å². The zero-order chi connectivity index (χ0) is 29.0. The summed E-state index contributed by atoms with van der Waals surface area (Å²) in [5, 5.41) is 12.4. The predicted octanol–water partition coefficient (Wildman–Crippen LogP) is 6.02. The quantitative estimate of drug-likeness (QED) is 0.234.